The molecule has 5 heteroatoms. The fourth-order valence-electron chi connectivity index (χ4n) is 1.56. The molecular weight excluding hydrogens is 223 g/mol. The molecular formula is C12H9FN2O2. The number of pyridine rings is 1. The van der Waals surface area contributed by atoms with Crippen molar-refractivity contribution in [2.24, 2.45) is 5.73 Å². The third kappa shape index (κ3) is 2.23. The molecule has 2 aromatic rings. The van der Waals surface area contributed by atoms with Gasteiger partial charge in [0.15, 0.2) is 0 Å². The van der Waals surface area contributed by atoms with Gasteiger partial charge in [-0.1, -0.05) is 12.7 Å². The molecule has 0 saturated heterocycles. The fourth-order valence-corrected chi connectivity index (χ4v) is 1.56. The SMILES string of the molecule is C=Cc1cc(F)cc2cc(OC(N)=O)ncc12. The van der Waals surface area contributed by atoms with Gasteiger partial charge in [0.05, 0.1) is 0 Å². The monoisotopic (exact) mass is 232 g/mol. The van der Waals surface area contributed by atoms with Crippen LogP contribution in [-0.2, 0) is 0 Å². The molecule has 0 fully saturated rings. The van der Waals surface area contributed by atoms with E-state index in [0.717, 1.165) is 5.39 Å². The molecule has 86 valence electrons. The predicted molar refractivity (Wildman–Crippen MR) is 62.0 cm³/mol. The number of rotatable bonds is 2. The highest BCUT2D eigenvalue weighted by molar-refractivity contribution is 5.90. The van der Waals surface area contributed by atoms with Crippen LogP contribution in [-0.4, -0.2) is 11.1 Å². The smallest absolute Gasteiger partial charge is 0.391 e. The van der Waals surface area contributed by atoms with Gasteiger partial charge < -0.3 is 10.5 Å². The first-order valence-electron chi connectivity index (χ1n) is 4.79. The maximum Gasteiger partial charge on any atom is 0.411 e. The molecule has 0 unspecified atom stereocenters. The summed E-state index contributed by atoms with van der Waals surface area (Å²) >= 11 is 0. The van der Waals surface area contributed by atoms with Gasteiger partial charge in [0.1, 0.15) is 5.82 Å². The lowest BCUT2D eigenvalue weighted by molar-refractivity contribution is 0.209. The first-order valence-corrected chi connectivity index (χ1v) is 4.79. The van der Waals surface area contributed by atoms with Crippen molar-refractivity contribution in [2.45, 2.75) is 0 Å². The Hall–Kier alpha value is -2.43. The van der Waals surface area contributed by atoms with E-state index >= 15 is 0 Å². The molecule has 1 aromatic heterocycles. The molecule has 1 aromatic carbocycles. The third-order valence-corrected chi connectivity index (χ3v) is 2.23. The molecule has 0 saturated carbocycles. The molecule has 0 aliphatic heterocycles. The number of carbonyl (C=O) groups excluding carboxylic acids is 1. The molecule has 0 spiro atoms. The van der Waals surface area contributed by atoms with Gasteiger partial charge in [-0.05, 0) is 23.1 Å². The van der Waals surface area contributed by atoms with Crippen LogP contribution in [0.1, 0.15) is 5.56 Å². The van der Waals surface area contributed by atoms with E-state index in [1.165, 1.54) is 30.5 Å². The number of carbonyl (C=O) groups is 1. The Labute approximate surface area is 96.5 Å². The minimum absolute atomic E-state index is 0.0330. The van der Waals surface area contributed by atoms with Crippen LogP contribution in [0.4, 0.5) is 9.18 Å². The Morgan fingerprint density at radius 1 is 1.47 bits per heavy atom. The number of hydrogen-bond donors (Lipinski definition) is 1. The molecule has 2 N–H and O–H groups in total. The molecule has 2 rings (SSSR count). The molecule has 0 atom stereocenters. The zero-order chi connectivity index (χ0) is 12.4. The summed E-state index contributed by atoms with van der Waals surface area (Å²) in [6.45, 7) is 3.59. The zero-order valence-electron chi connectivity index (χ0n) is 8.81. The molecule has 1 amide bonds. The van der Waals surface area contributed by atoms with Gasteiger partial charge in [-0.2, -0.15) is 0 Å². The fraction of sp³-hybridized carbons (Fsp3) is 0. The lowest BCUT2D eigenvalue weighted by Crippen LogP contribution is -2.16. The van der Waals surface area contributed by atoms with Crippen molar-refractivity contribution in [1.82, 2.24) is 4.98 Å². The van der Waals surface area contributed by atoms with E-state index in [2.05, 4.69) is 16.3 Å². The molecule has 17 heavy (non-hydrogen) atoms. The second kappa shape index (κ2) is 4.21. The number of halogens is 1. The lowest BCUT2D eigenvalue weighted by Gasteiger charge is -2.05. The third-order valence-electron chi connectivity index (χ3n) is 2.23. The summed E-state index contributed by atoms with van der Waals surface area (Å²) in [7, 11) is 0. The standard InChI is InChI=1S/C12H9FN2O2/c1-2-7-3-9(13)4-8-5-11(17-12(14)16)15-6-10(7)8/h2-6H,1H2,(H2,14,16). The van der Waals surface area contributed by atoms with Crippen molar-refractivity contribution in [3.05, 3.63) is 42.4 Å². The van der Waals surface area contributed by atoms with Gasteiger partial charge in [-0.25, -0.2) is 14.2 Å². The van der Waals surface area contributed by atoms with Crippen molar-refractivity contribution in [1.29, 1.82) is 0 Å². The van der Waals surface area contributed by atoms with Crippen LogP contribution in [0.15, 0.2) is 31.0 Å². The Balaban J connectivity index is 2.61. The number of ether oxygens (including phenoxy) is 1. The summed E-state index contributed by atoms with van der Waals surface area (Å²) in [5.74, 6) is -0.366. The minimum Gasteiger partial charge on any atom is -0.391 e. The Kier molecular flexibility index (Phi) is 2.74. The van der Waals surface area contributed by atoms with E-state index in [4.69, 9.17) is 5.73 Å². The normalized spacial score (nSPS) is 10.2. The molecule has 4 nitrogen and oxygen atoms in total. The summed E-state index contributed by atoms with van der Waals surface area (Å²) in [6.07, 6.45) is 2.04. The van der Waals surface area contributed by atoms with Crippen LogP contribution in [0.5, 0.6) is 5.88 Å². The summed E-state index contributed by atoms with van der Waals surface area (Å²) in [4.78, 5) is 14.5. The minimum atomic E-state index is -0.961. The number of nitrogens with two attached hydrogens (primary N) is 1. The van der Waals surface area contributed by atoms with E-state index in [0.29, 0.717) is 10.9 Å². The molecule has 0 radical (unpaired) electrons. The Morgan fingerprint density at radius 2 is 2.24 bits per heavy atom. The van der Waals surface area contributed by atoms with Crippen LogP contribution >= 0.6 is 0 Å². The average Bonchev–Trinajstić information content (AvgIpc) is 2.26. The van der Waals surface area contributed by atoms with E-state index in [1.54, 1.807) is 0 Å². The topological polar surface area (TPSA) is 65.2 Å². The van der Waals surface area contributed by atoms with Gasteiger partial charge in [0.25, 0.3) is 0 Å². The number of primary amides is 1. The summed E-state index contributed by atoms with van der Waals surface area (Å²) in [5.41, 5.74) is 5.49. The number of nitrogens with zero attached hydrogens (tertiary/aromatic N) is 1. The highest BCUT2D eigenvalue weighted by Gasteiger charge is 2.06. The van der Waals surface area contributed by atoms with Gasteiger partial charge >= 0.3 is 6.09 Å². The van der Waals surface area contributed by atoms with Gasteiger partial charge in [-0.3, -0.25) is 0 Å². The highest BCUT2D eigenvalue weighted by Crippen LogP contribution is 2.23. The molecule has 0 bridgehead atoms. The number of aromatic nitrogens is 1. The second-order valence-corrected chi connectivity index (χ2v) is 3.36. The van der Waals surface area contributed by atoms with Crippen LogP contribution in [0.3, 0.4) is 0 Å². The first-order chi connectivity index (χ1) is 8.10. The van der Waals surface area contributed by atoms with Crippen LogP contribution in [0.2, 0.25) is 0 Å². The Bertz CT molecular complexity index is 611. The van der Waals surface area contributed by atoms with Crippen molar-refractivity contribution in [2.75, 3.05) is 0 Å². The van der Waals surface area contributed by atoms with E-state index in [9.17, 15) is 9.18 Å². The summed E-state index contributed by atoms with van der Waals surface area (Å²) < 4.78 is 17.9. The van der Waals surface area contributed by atoms with Gasteiger partial charge in [0, 0.05) is 17.6 Å². The number of fused-ring (bicyclic) bond motifs is 1. The summed E-state index contributed by atoms with van der Waals surface area (Å²) in [5, 5.41) is 1.28. The van der Waals surface area contributed by atoms with Gasteiger partial charge in [0.2, 0.25) is 5.88 Å². The number of hydrogen-bond acceptors (Lipinski definition) is 3. The highest BCUT2D eigenvalue weighted by atomic mass is 19.1. The van der Waals surface area contributed by atoms with Crippen LogP contribution < -0.4 is 10.5 Å². The van der Waals surface area contributed by atoms with Crippen molar-refractivity contribution in [3.8, 4) is 5.88 Å². The van der Waals surface area contributed by atoms with Crippen molar-refractivity contribution in [3.63, 3.8) is 0 Å². The molecule has 1 heterocycles. The first kappa shape index (κ1) is 11.1. The van der Waals surface area contributed by atoms with Crippen molar-refractivity contribution >= 4 is 22.9 Å². The van der Waals surface area contributed by atoms with E-state index in [1.807, 2.05) is 0 Å². The second-order valence-electron chi connectivity index (χ2n) is 3.36. The quantitative estimate of drug-likeness (QED) is 0.864. The van der Waals surface area contributed by atoms with Crippen LogP contribution in [0, 0.1) is 5.82 Å². The molecule has 0 aliphatic rings. The van der Waals surface area contributed by atoms with E-state index < -0.39 is 11.9 Å². The maximum absolute atomic E-state index is 13.3. The lowest BCUT2D eigenvalue weighted by atomic mass is 10.1. The number of amides is 1. The Morgan fingerprint density at radius 3 is 2.88 bits per heavy atom. The van der Waals surface area contributed by atoms with E-state index in [-0.39, 0.29) is 5.88 Å². The number of benzene rings is 1. The van der Waals surface area contributed by atoms with Gasteiger partial charge in [-0.15, -0.1) is 0 Å². The summed E-state index contributed by atoms with van der Waals surface area (Å²) in [6, 6.07) is 4.11. The van der Waals surface area contributed by atoms with Crippen LogP contribution in [0.25, 0.3) is 16.8 Å². The zero-order valence-corrected chi connectivity index (χ0v) is 8.81. The molecule has 0 aliphatic carbocycles. The maximum atomic E-state index is 13.3. The average molecular weight is 232 g/mol. The predicted octanol–water partition coefficient (Wildman–Crippen LogP) is 2.47. The largest absolute Gasteiger partial charge is 0.411 e. The van der Waals surface area contributed by atoms with Crippen molar-refractivity contribution < 1.29 is 13.9 Å².